The number of rotatable bonds is 2. The molecule has 1 aromatic heterocycles. The average Bonchev–Trinajstić information content (AvgIpc) is 2.14. The largest absolute Gasteiger partial charge is 0.405 e. The van der Waals surface area contributed by atoms with Gasteiger partial charge in [0.15, 0.2) is 5.69 Å². The Bertz CT molecular complexity index is 337. The lowest BCUT2D eigenvalue weighted by atomic mass is 10.5. The van der Waals surface area contributed by atoms with Gasteiger partial charge in [-0.1, -0.05) is 0 Å². The normalized spacial score (nSPS) is 10.7. The smallest absolute Gasteiger partial charge is 0.360 e. The minimum absolute atomic E-state index is 0.0127. The maximum Gasteiger partial charge on any atom is 0.405 e. The molecule has 0 aliphatic heterocycles. The van der Waals surface area contributed by atoms with Crippen LogP contribution in [0.15, 0.2) is 12.4 Å². The summed E-state index contributed by atoms with van der Waals surface area (Å²) in [6, 6.07) is 1.70. The highest BCUT2D eigenvalue weighted by molar-refractivity contribution is 5.33. The standard InChI is InChI=1S/C7H5F3N4/c8-7(9,10)4-14-6-3-12-5(1-11)2-13-6/h2-3H,4H2,(H,13,14). The van der Waals surface area contributed by atoms with Gasteiger partial charge >= 0.3 is 6.18 Å². The Labute approximate surface area is 77.4 Å². The molecule has 1 N–H and O–H groups in total. The number of hydrogen-bond donors (Lipinski definition) is 1. The fraction of sp³-hybridized carbons (Fsp3) is 0.286. The molecule has 1 rings (SSSR count). The minimum atomic E-state index is -4.30. The summed E-state index contributed by atoms with van der Waals surface area (Å²) >= 11 is 0. The van der Waals surface area contributed by atoms with Gasteiger partial charge in [0, 0.05) is 0 Å². The quantitative estimate of drug-likeness (QED) is 0.785. The van der Waals surface area contributed by atoms with Crippen LogP contribution in [0.1, 0.15) is 5.69 Å². The van der Waals surface area contributed by atoms with E-state index in [1.807, 2.05) is 5.32 Å². The van der Waals surface area contributed by atoms with E-state index in [1.54, 1.807) is 6.07 Å². The van der Waals surface area contributed by atoms with E-state index in [0.29, 0.717) is 0 Å². The van der Waals surface area contributed by atoms with Gasteiger partial charge in [-0.05, 0) is 0 Å². The minimum Gasteiger partial charge on any atom is -0.360 e. The third-order valence-electron chi connectivity index (χ3n) is 1.24. The second-order valence-corrected chi connectivity index (χ2v) is 2.37. The van der Waals surface area contributed by atoms with E-state index < -0.39 is 12.7 Å². The van der Waals surface area contributed by atoms with Crippen molar-refractivity contribution < 1.29 is 13.2 Å². The first-order chi connectivity index (χ1) is 6.51. The topological polar surface area (TPSA) is 61.6 Å². The SMILES string of the molecule is N#Cc1cnc(NCC(F)(F)F)cn1. The fourth-order valence-electron chi connectivity index (χ4n) is 0.668. The van der Waals surface area contributed by atoms with Gasteiger partial charge < -0.3 is 5.32 Å². The predicted octanol–water partition coefficient (Wildman–Crippen LogP) is 1.32. The molecule has 0 saturated heterocycles. The molecule has 1 aromatic rings. The molecule has 0 aliphatic carbocycles. The van der Waals surface area contributed by atoms with E-state index in [2.05, 4.69) is 9.97 Å². The van der Waals surface area contributed by atoms with Crippen LogP contribution in [0.3, 0.4) is 0 Å². The number of nitrogens with one attached hydrogen (secondary N) is 1. The third-order valence-corrected chi connectivity index (χ3v) is 1.24. The van der Waals surface area contributed by atoms with Crippen LogP contribution in [0.5, 0.6) is 0 Å². The summed E-state index contributed by atoms with van der Waals surface area (Å²) in [5.41, 5.74) is 0.0579. The Morgan fingerprint density at radius 3 is 2.50 bits per heavy atom. The van der Waals surface area contributed by atoms with Crippen LogP contribution < -0.4 is 5.32 Å². The second kappa shape index (κ2) is 3.91. The molecule has 0 unspecified atom stereocenters. The fourth-order valence-corrected chi connectivity index (χ4v) is 0.668. The van der Waals surface area contributed by atoms with E-state index >= 15 is 0 Å². The van der Waals surface area contributed by atoms with Gasteiger partial charge in [0.1, 0.15) is 18.4 Å². The lowest BCUT2D eigenvalue weighted by molar-refractivity contribution is -0.115. The van der Waals surface area contributed by atoms with Crippen molar-refractivity contribution in [2.45, 2.75) is 6.18 Å². The van der Waals surface area contributed by atoms with Crippen molar-refractivity contribution in [3.8, 4) is 6.07 Å². The highest BCUT2D eigenvalue weighted by atomic mass is 19.4. The molecule has 1 heterocycles. The lowest BCUT2D eigenvalue weighted by Crippen LogP contribution is -2.21. The van der Waals surface area contributed by atoms with Crippen LogP contribution >= 0.6 is 0 Å². The number of hydrogen-bond acceptors (Lipinski definition) is 4. The Hall–Kier alpha value is -1.84. The number of nitrogens with zero attached hydrogens (tertiary/aromatic N) is 3. The van der Waals surface area contributed by atoms with Gasteiger partial charge in [0.2, 0.25) is 0 Å². The molecule has 0 aliphatic rings. The van der Waals surface area contributed by atoms with Gasteiger partial charge in [-0.2, -0.15) is 18.4 Å². The molecule has 0 aromatic carbocycles. The molecule has 14 heavy (non-hydrogen) atoms. The molecule has 7 heteroatoms. The van der Waals surface area contributed by atoms with Gasteiger partial charge in [-0.3, -0.25) is 0 Å². The van der Waals surface area contributed by atoms with Crippen molar-refractivity contribution in [2.75, 3.05) is 11.9 Å². The summed E-state index contributed by atoms with van der Waals surface area (Å²) in [7, 11) is 0. The Kier molecular flexibility index (Phi) is 2.86. The summed E-state index contributed by atoms with van der Waals surface area (Å²) in [4.78, 5) is 7.10. The zero-order valence-electron chi connectivity index (χ0n) is 6.84. The predicted molar refractivity (Wildman–Crippen MR) is 41.3 cm³/mol. The van der Waals surface area contributed by atoms with Crippen molar-refractivity contribution in [1.82, 2.24) is 9.97 Å². The van der Waals surface area contributed by atoms with Crippen molar-refractivity contribution in [3.05, 3.63) is 18.1 Å². The monoisotopic (exact) mass is 202 g/mol. The number of halogens is 3. The number of alkyl halides is 3. The van der Waals surface area contributed by atoms with Crippen molar-refractivity contribution in [1.29, 1.82) is 5.26 Å². The lowest BCUT2D eigenvalue weighted by Gasteiger charge is -2.07. The molecule has 0 spiro atoms. The van der Waals surface area contributed by atoms with E-state index in [9.17, 15) is 13.2 Å². The summed E-state index contributed by atoms with van der Waals surface area (Å²) in [5.74, 6) is -0.0127. The van der Waals surface area contributed by atoms with Gasteiger partial charge in [-0.25, -0.2) is 9.97 Å². The zero-order chi connectivity index (χ0) is 10.6. The molecule has 0 radical (unpaired) electrons. The molecule has 0 fully saturated rings. The number of aromatic nitrogens is 2. The average molecular weight is 202 g/mol. The summed E-state index contributed by atoms with van der Waals surface area (Å²) in [6.45, 7) is -1.17. The Balaban J connectivity index is 2.58. The van der Waals surface area contributed by atoms with Crippen LogP contribution in [0, 0.1) is 11.3 Å². The van der Waals surface area contributed by atoms with E-state index in [1.165, 1.54) is 0 Å². The maximum atomic E-state index is 11.7. The van der Waals surface area contributed by atoms with E-state index in [0.717, 1.165) is 12.4 Å². The number of anilines is 1. The third kappa shape index (κ3) is 3.26. The molecule has 0 bridgehead atoms. The molecule has 0 amide bonds. The first-order valence-corrected chi connectivity index (χ1v) is 3.54. The van der Waals surface area contributed by atoms with Gasteiger partial charge in [0.05, 0.1) is 12.4 Å². The first-order valence-electron chi connectivity index (χ1n) is 3.54. The van der Waals surface area contributed by atoms with Crippen LogP contribution in [0.25, 0.3) is 0 Å². The summed E-state index contributed by atoms with van der Waals surface area (Å²) in [5, 5.41) is 10.4. The molecular weight excluding hydrogens is 197 g/mol. The first kappa shape index (κ1) is 10.2. The zero-order valence-corrected chi connectivity index (χ0v) is 6.84. The summed E-state index contributed by atoms with van der Waals surface area (Å²) < 4.78 is 35.2. The molecule has 0 atom stereocenters. The highest BCUT2D eigenvalue weighted by Crippen LogP contribution is 2.14. The van der Waals surface area contributed by atoms with Gasteiger partial charge in [0.25, 0.3) is 0 Å². The van der Waals surface area contributed by atoms with Crippen molar-refractivity contribution >= 4 is 5.82 Å². The van der Waals surface area contributed by atoms with Crippen LogP contribution in [-0.4, -0.2) is 22.7 Å². The number of nitriles is 1. The van der Waals surface area contributed by atoms with Crippen LogP contribution in [0.4, 0.5) is 19.0 Å². The Morgan fingerprint density at radius 1 is 1.36 bits per heavy atom. The second-order valence-electron chi connectivity index (χ2n) is 2.37. The molecular formula is C7H5F3N4. The highest BCUT2D eigenvalue weighted by Gasteiger charge is 2.26. The molecule has 74 valence electrons. The molecule has 4 nitrogen and oxygen atoms in total. The maximum absolute atomic E-state index is 11.7. The van der Waals surface area contributed by atoms with Crippen LogP contribution in [0.2, 0.25) is 0 Å². The van der Waals surface area contributed by atoms with E-state index in [-0.39, 0.29) is 11.5 Å². The van der Waals surface area contributed by atoms with Crippen molar-refractivity contribution in [2.24, 2.45) is 0 Å². The Morgan fingerprint density at radius 2 is 2.07 bits per heavy atom. The summed E-state index contributed by atoms with van der Waals surface area (Å²) in [6.07, 6.45) is -2.13. The van der Waals surface area contributed by atoms with Crippen LogP contribution in [-0.2, 0) is 0 Å². The van der Waals surface area contributed by atoms with Crippen molar-refractivity contribution in [3.63, 3.8) is 0 Å². The van der Waals surface area contributed by atoms with Gasteiger partial charge in [-0.15, -0.1) is 0 Å². The van der Waals surface area contributed by atoms with E-state index in [4.69, 9.17) is 5.26 Å². The molecule has 0 saturated carbocycles.